The third-order valence-electron chi connectivity index (χ3n) is 2.29. The van der Waals surface area contributed by atoms with Gasteiger partial charge in [-0.1, -0.05) is 19.4 Å². The van der Waals surface area contributed by atoms with Crippen molar-refractivity contribution < 1.29 is 0 Å². The van der Waals surface area contributed by atoms with Gasteiger partial charge in [0.25, 0.3) is 0 Å². The van der Waals surface area contributed by atoms with E-state index in [0.717, 1.165) is 43.0 Å². The van der Waals surface area contributed by atoms with Gasteiger partial charge in [0.2, 0.25) is 0 Å². The van der Waals surface area contributed by atoms with Crippen LogP contribution in [0.25, 0.3) is 0 Å². The van der Waals surface area contributed by atoms with Crippen molar-refractivity contribution in [3.63, 3.8) is 0 Å². The molecule has 1 heterocycles. The summed E-state index contributed by atoms with van der Waals surface area (Å²) in [6.45, 7) is 6.65. The van der Waals surface area contributed by atoms with E-state index in [-0.39, 0.29) is 0 Å². The van der Waals surface area contributed by atoms with E-state index >= 15 is 0 Å². The first-order valence-electron chi connectivity index (χ1n) is 5.36. The average molecular weight is 208 g/mol. The molecule has 0 aliphatic carbocycles. The zero-order valence-electron chi connectivity index (χ0n) is 9.58. The number of anilines is 2. The Bertz CT molecular complexity index is 328. The van der Waals surface area contributed by atoms with Gasteiger partial charge in [0.15, 0.2) is 0 Å². The van der Waals surface area contributed by atoms with Crippen molar-refractivity contribution in [2.24, 2.45) is 7.05 Å². The van der Waals surface area contributed by atoms with E-state index in [0.29, 0.717) is 0 Å². The van der Waals surface area contributed by atoms with E-state index in [2.05, 4.69) is 23.9 Å². The quantitative estimate of drug-likeness (QED) is 0.555. The smallest absolute Gasteiger partial charge is 0.147 e. The summed E-state index contributed by atoms with van der Waals surface area (Å²) in [4.78, 5) is 0. The van der Waals surface area contributed by atoms with Gasteiger partial charge in [0.1, 0.15) is 5.82 Å². The van der Waals surface area contributed by atoms with Crippen molar-refractivity contribution in [2.45, 2.75) is 26.2 Å². The van der Waals surface area contributed by atoms with Gasteiger partial charge < -0.3 is 11.1 Å². The molecule has 0 saturated carbocycles. The minimum absolute atomic E-state index is 0.781. The molecular formula is C11H20N4. The van der Waals surface area contributed by atoms with Crippen molar-refractivity contribution in [3.05, 3.63) is 18.3 Å². The fourth-order valence-corrected chi connectivity index (χ4v) is 1.52. The van der Waals surface area contributed by atoms with Gasteiger partial charge in [-0.15, -0.1) is 6.58 Å². The van der Waals surface area contributed by atoms with Crippen molar-refractivity contribution in [3.8, 4) is 0 Å². The predicted molar refractivity (Wildman–Crippen MR) is 64.9 cm³/mol. The maximum absolute atomic E-state index is 6.00. The number of nitrogens with one attached hydrogen (secondary N) is 1. The van der Waals surface area contributed by atoms with Crippen molar-refractivity contribution in [1.82, 2.24) is 9.78 Å². The van der Waals surface area contributed by atoms with E-state index in [1.165, 1.54) is 0 Å². The average Bonchev–Trinajstić information content (AvgIpc) is 2.46. The Labute approximate surface area is 91.2 Å². The molecule has 0 amide bonds. The van der Waals surface area contributed by atoms with Crippen LogP contribution in [0.5, 0.6) is 0 Å². The molecule has 4 nitrogen and oxygen atoms in total. The van der Waals surface area contributed by atoms with Gasteiger partial charge in [-0.2, -0.15) is 5.10 Å². The van der Waals surface area contributed by atoms with Crippen LogP contribution in [0.1, 0.15) is 25.5 Å². The first-order valence-corrected chi connectivity index (χ1v) is 5.36. The molecule has 84 valence electrons. The first kappa shape index (κ1) is 11.6. The molecule has 0 fully saturated rings. The van der Waals surface area contributed by atoms with Crippen LogP contribution < -0.4 is 11.1 Å². The highest BCUT2D eigenvalue weighted by Gasteiger charge is 2.11. The van der Waals surface area contributed by atoms with Gasteiger partial charge in [-0.25, -0.2) is 0 Å². The number of nitrogens with zero attached hydrogens (tertiary/aromatic N) is 2. The molecule has 3 N–H and O–H groups in total. The number of aromatic nitrogens is 2. The molecular weight excluding hydrogens is 188 g/mol. The third kappa shape index (κ3) is 2.75. The molecule has 1 rings (SSSR count). The zero-order valence-corrected chi connectivity index (χ0v) is 9.58. The second kappa shape index (κ2) is 5.44. The van der Waals surface area contributed by atoms with Gasteiger partial charge in [0, 0.05) is 13.6 Å². The molecule has 0 atom stereocenters. The minimum atomic E-state index is 0.781. The normalized spacial score (nSPS) is 10.3. The minimum Gasteiger partial charge on any atom is -0.394 e. The van der Waals surface area contributed by atoms with Gasteiger partial charge >= 0.3 is 0 Å². The summed E-state index contributed by atoms with van der Waals surface area (Å²) >= 11 is 0. The van der Waals surface area contributed by atoms with E-state index in [1.807, 2.05) is 17.8 Å². The summed E-state index contributed by atoms with van der Waals surface area (Å²) in [5.41, 5.74) is 7.77. The molecule has 0 radical (unpaired) electrons. The highest BCUT2D eigenvalue weighted by molar-refractivity contribution is 5.65. The molecule has 1 aromatic heterocycles. The lowest BCUT2D eigenvalue weighted by molar-refractivity contribution is 0.735. The summed E-state index contributed by atoms with van der Waals surface area (Å²) in [5, 5.41) is 7.65. The van der Waals surface area contributed by atoms with E-state index in [4.69, 9.17) is 5.73 Å². The Morgan fingerprint density at radius 3 is 2.93 bits per heavy atom. The number of aryl methyl sites for hydroxylation is 2. The van der Waals surface area contributed by atoms with E-state index in [9.17, 15) is 0 Å². The van der Waals surface area contributed by atoms with Crippen LogP contribution in [-0.4, -0.2) is 16.3 Å². The molecule has 0 bridgehead atoms. The van der Waals surface area contributed by atoms with Crippen molar-refractivity contribution in [1.29, 1.82) is 0 Å². The van der Waals surface area contributed by atoms with E-state index < -0.39 is 0 Å². The molecule has 0 unspecified atom stereocenters. The van der Waals surface area contributed by atoms with Crippen LogP contribution in [0.2, 0.25) is 0 Å². The number of nitrogen functional groups attached to an aromatic ring is 1. The van der Waals surface area contributed by atoms with Gasteiger partial charge in [-0.05, 0) is 12.8 Å². The molecule has 0 aliphatic rings. The standard InChI is InChI=1S/C11H20N4/c1-4-6-8-13-11-10(12)9(7-5-2)14-15(11)3/h4,13H,1,5-8,12H2,2-3H3. The fourth-order valence-electron chi connectivity index (χ4n) is 1.52. The van der Waals surface area contributed by atoms with Gasteiger partial charge in [0.05, 0.1) is 11.4 Å². The largest absolute Gasteiger partial charge is 0.394 e. The van der Waals surface area contributed by atoms with Crippen LogP contribution in [0.15, 0.2) is 12.7 Å². The fraction of sp³-hybridized carbons (Fsp3) is 0.545. The lowest BCUT2D eigenvalue weighted by Gasteiger charge is -2.05. The Morgan fingerprint density at radius 1 is 1.60 bits per heavy atom. The van der Waals surface area contributed by atoms with Crippen LogP contribution in [0.4, 0.5) is 11.5 Å². The van der Waals surface area contributed by atoms with Crippen molar-refractivity contribution in [2.75, 3.05) is 17.6 Å². The molecule has 4 heteroatoms. The second-order valence-electron chi connectivity index (χ2n) is 3.59. The van der Waals surface area contributed by atoms with Crippen LogP contribution in [0, 0.1) is 0 Å². The first-order chi connectivity index (χ1) is 7.20. The third-order valence-corrected chi connectivity index (χ3v) is 2.29. The number of hydrogen-bond donors (Lipinski definition) is 2. The summed E-state index contributed by atoms with van der Waals surface area (Å²) in [5.74, 6) is 0.917. The summed E-state index contributed by atoms with van der Waals surface area (Å²) < 4.78 is 1.81. The predicted octanol–water partition coefficient (Wildman–Crippen LogP) is 1.94. The second-order valence-corrected chi connectivity index (χ2v) is 3.59. The molecule has 1 aromatic rings. The highest BCUT2D eigenvalue weighted by Crippen LogP contribution is 2.22. The number of hydrogen-bond acceptors (Lipinski definition) is 3. The maximum atomic E-state index is 6.00. The Hall–Kier alpha value is -1.45. The Kier molecular flexibility index (Phi) is 4.21. The molecule has 0 aliphatic heterocycles. The monoisotopic (exact) mass is 208 g/mol. The summed E-state index contributed by atoms with van der Waals surface area (Å²) in [6, 6.07) is 0. The lowest BCUT2D eigenvalue weighted by atomic mass is 10.2. The SMILES string of the molecule is C=CCCNc1c(N)c(CCC)nn1C. The summed E-state index contributed by atoms with van der Waals surface area (Å²) in [7, 11) is 1.91. The molecule has 0 spiro atoms. The number of nitrogens with two attached hydrogens (primary N) is 1. The van der Waals surface area contributed by atoms with Crippen LogP contribution in [0.3, 0.4) is 0 Å². The van der Waals surface area contributed by atoms with E-state index in [1.54, 1.807) is 0 Å². The Morgan fingerprint density at radius 2 is 2.33 bits per heavy atom. The Balaban J connectivity index is 2.73. The topological polar surface area (TPSA) is 55.9 Å². The maximum Gasteiger partial charge on any atom is 0.147 e. The van der Waals surface area contributed by atoms with Gasteiger partial charge in [-0.3, -0.25) is 4.68 Å². The van der Waals surface area contributed by atoms with Crippen LogP contribution >= 0.6 is 0 Å². The molecule has 15 heavy (non-hydrogen) atoms. The zero-order chi connectivity index (χ0) is 11.3. The summed E-state index contributed by atoms with van der Waals surface area (Å²) in [6.07, 6.45) is 4.80. The van der Waals surface area contributed by atoms with Crippen LogP contribution in [-0.2, 0) is 13.5 Å². The molecule has 0 aromatic carbocycles. The highest BCUT2D eigenvalue weighted by atomic mass is 15.3. The molecule has 0 saturated heterocycles. The van der Waals surface area contributed by atoms with Crippen molar-refractivity contribution >= 4 is 11.5 Å². The number of rotatable bonds is 6. The lowest BCUT2D eigenvalue weighted by Crippen LogP contribution is -2.07.